The van der Waals surface area contributed by atoms with Gasteiger partial charge in [-0.2, -0.15) is 5.90 Å². The van der Waals surface area contributed by atoms with E-state index >= 15 is 0 Å². The maximum absolute atomic E-state index is 11.7. The minimum Gasteiger partial charge on any atom is -0.492 e. The summed E-state index contributed by atoms with van der Waals surface area (Å²) in [6.45, 7) is 3.37. The number of fused-ring (bicyclic) bond motifs is 2. The lowest BCUT2D eigenvalue weighted by molar-refractivity contribution is -0.157. The number of para-hydroxylation sites is 4. The molecule has 32 heavy (non-hydrogen) atoms. The summed E-state index contributed by atoms with van der Waals surface area (Å²) in [4.78, 5) is 18.3. The summed E-state index contributed by atoms with van der Waals surface area (Å²) in [5.41, 5.74) is 2.95. The van der Waals surface area contributed by atoms with Gasteiger partial charge in [0.25, 0.3) is 0 Å². The molecule has 4 rings (SSSR count). The molecule has 7 heteroatoms. The van der Waals surface area contributed by atoms with E-state index in [1.807, 2.05) is 79.7 Å². The fraction of sp³-hybridized carbons (Fsp3) is 0.240. The Balaban J connectivity index is 1.39. The highest BCUT2D eigenvalue weighted by Gasteiger charge is 2.23. The second-order valence-corrected chi connectivity index (χ2v) is 7.27. The van der Waals surface area contributed by atoms with Crippen LogP contribution >= 0.6 is 0 Å². The Labute approximate surface area is 187 Å². The summed E-state index contributed by atoms with van der Waals surface area (Å²) in [6, 6.07) is 23.5. The van der Waals surface area contributed by atoms with E-state index in [1.54, 1.807) is 0 Å². The van der Waals surface area contributed by atoms with E-state index in [2.05, 4.69) is 9.74 Å². The monoisotopic (exact) mass is 434 g/mol. The second-order valence-electron chi connectivity index (χ2n) is 7.27. The van der Waals surface area contributed by atoms with E-state index in [0.717, 1.165) is 34.2 Å². The number of benzene rings is 3. The maximum Gasteiger partial charge on any atom is 0.354 e. The smallest absolute Gasteiger partial charge is 0.354 e. The van der Waals surface area contributed by atoms with Gasteiger partial charge >= 0.3 is 5.97 Å². The van der Waals surface area contributed by atoms with Crippen LogP contribution in [0.5, 0.6) is 17.2 Å². The molecule has 0 fully saturated rings. The molecule has 1 atom stereocenters. The molecule has 0 saturated heterocycles. The first-order valence-electron chi connectivity index (χ1n) is 10.6. The Hall–Kier alpha value is -3.55. The number of rotatable bonds is 9. The number of ether oxygens (including phenoxy) is 3. The zero-order valence-corrected chi connectivity index (χ0v) is 17.9. The average Bonchev–Trinajstić information content (AvgIpc) is 2.83. The molecule has 0 saturated carbocycles. The van der Waals surface area contributed by atoms with Gasteiger partial charge in [-0.1, -0.05) is 36.4 Å². The second kappa shape index (κ2) is 10.2. The standard InChI is InChI=1S/C25H26N2O5/c1-2-29-24(25(28)32-26)17-18-11-13-19(14-12-18)30-16-15-27-20-7-3-5-9-22(20)31-23-10-6-4-8-21(23)27/h3-14,24H,2,15-17,26H2,1H3. The first kappa shape index (κ1) is 21.7. The zero-order valence-electron chi connectivity index (χ0n) is 17.9. The van der Waals surface area contributed by atoms with Gasteiger partial charge in [0, 0.05) is 13.0 Å². The first-order chi connectivity index (χ1) is 15.7. The number of nitrogens with zero attached hydrogens (tertiary/aromatic N) is 1. The molecular weight excluding hydrogens is 408 g/mol. The van der Waals surface area contributed by atoms with Crippen LogP contribution in [-0.2, 0) is 20.8 Å². The van der Waals surface area contributed by atoms with Crippen LogP contribution in [0, 0.1) is 0 Å². The molecule has 1 aliphatic rings. The Kier molecular flexibility index (Phi) is 6.89. The lowest BCUT2D eigenvalue weighted by Gasteiger charge is -2.32. The van der Waals surface area contributed by atoms with E-state index in [4.69, 9.17) is 20.1 Å². The van der Waals surface area contributed by atoms with Crippen LogP contribution < -0.4 is 20.3 Å². The van der Waals surface area contributed by atoms with Crippen LogP contribution in [0.25, 0.3) is 0 Å². The van der Waals surface area contributed by atoms with Crippen molar-refractivity contribution in [2.24, 2.45) is 5.90 Å². The van der Waals surface area contributed by atoms with Gasteiger partial charge in [-0.3, -0.25) is 0 Å². The molecule has 166 valence electrons. The fourth-order valence-electron chi connectivity index (χ4n) is 3.70. The summed E-state index contributed by atoms with van der Waals surface area (Å²) in [7, 11) is 0. The zero-order chi connectivity index (χ0) is 22.3. The van der Waals surface area contributed by atoms with Gasteiger partial charge in [0.2, 0.25) is 0 Å². The van der Waals surface area contributed by atoms with Crippen molar-refractivity contribution in [1.82, 2.24) is 0 Å². The summed E-state index contributed by atoms with van der Waals surface area (Å²) in [5, 5.41) is 0. The van der Waals surface area contributed by atoms with Crippen molar-refractivity contribution in [1.29, 1.82) is 0 Å². The molecule has 0 aromatic heterocycles. The van der Waals surface area contributed by atoms with E-state index in [1.165, 1.54) is 0 Å². The minimum atomic E-state index is -0.724. The Morgan fingerprint density at radius 1 is 0.969 bits per heavy atom. The lowest BCUT2D eigenvalue weighted by atomic mass is 10.1. The van der Waals surface area contributed by atoms with Crippen molar-refractivity contribution in [2.45, 2.75) is 19.4 Å². The first-order valence-corrected chi connectivity index (χ1v) is 10.6. The third kappa shape index (κ3) is 4.85. The minimum absolute atomic E-state index is 0.380. The Morgan fingerprint density at radius 2 is 1.59 bits per heavy atom. The van der Waals surface area contributed by atoms with Gasteiger partial charge < -0.3 is 23.9 Å². The van der Waals surface area contributed by atoms with Crippen molar-refractivity contribution >= 4 is 17.3 Å². The summed E-state index contributed by atoms with van der Waals surface area (Å²) < 4.78 is 17.4. The predicted molar refractivity (Wildman–Crippen MR) is 121 cm³/mol. The lowest BCUT2D eigenvalue weighted by Crippen LogP contribution is -2.30. The molecule has 0 bridgehead atoms. The maximum atomic E-state index is 11.7. The summed E-state index contributed by atoms with van der Waals surface area (Å²) in [5.74, 6) is 6.82. The van der Waals surface area contributed by atoms with E-state index < -0.39 is 12.1 Å². The van der Waals surface area contributed by atoms with Gasteiger partial charge in [0.15, 0.2) is 17.6 Å². The number of anilines is 2. The quantitative estimate of drug-likeness (QED) is 0.501. The number of nitrogens with two attached hydrogens (primary N) is 1. The van der Waals surface area contributed by atoms with Gasteiger partial charge in [0.1, 0.15) is 12.4 Å². The number of hydrogen-bond acceptors (Lipinski definition) is 7. The van der Waals surface area contributed by atoms with Crippen molar-refractivity contribution in [2.75, 3.05) is 24.7 Å². The topological polar surface area (TPSA) is 83.2 Å². The number of carbonyl (C=O) groups is 1. The SMILES string of the molecule is CCOC(Cc1ccc(OCCN2c3ccccc3Oc3ccccc32)cc1)C(=O)ON. The van der Waals surface area contributed by atoms with Gasteiger partial charge in [0.05, 0.1) is 17.9 Å². The van der Waals surface area contributed by atoms with Crippen LogP contribution in [-0.4, -0.2) is 31.8 Å². The molecular formula is C25H26N2O5. The molecule has 1 heterocycles. The molecule has 1 aliphatic heterocycles. The van der Waals surface area contributed by atoms with Crippen LogP contribution in [0.4, 0.5) is 11.4 Å². The molecule has 0 radical (unpaired) electrons. The molecule has 0 spiro atoms. The molecule has 7 nitrogen and oxygen atoms in total. The van der Waals surface area contributed by atoms with E-state index in [0.29, 0.717) is 26.2 Å². The molecule has 1 unspecified atom stereocenters. The molecule has 0 aliphatic carbocycles. The summed E-state index contributed by atoms with van der Waals surface area (Å²) in [6.07, 6.45) is -0.343. The van der Waals surface area contributed by atoms with Crippen LogP contribution in [0.3, 0.4) is 0 Å². The highest BCUT2D eigenvalue weighted by molar-refractivity contribution is 5.77. The molecule has 2 N–H and O–H groups in total. The van der Waals surface area contributed by atoms with Gasteiger partial charge in [-0.25, -0.2) is 4.79 Å². The van der Waals surface area contributed by atoms with Gasteiger partial charge in [-0.05, 0) is 48.9 Å². The van der Waals surface area contributed by atoms with E-state index in [-0.39, 0.29) is 0 Å². The largest absolute Gasteiger partial charge is 0.492 e. The number of carbonyl (C=O) groups excluding carboxylic acids is 1. The van der Waals surface area contributed by atoms with Crippen LogP contribution in [0.15, 0.2) is 72.8 Å². The molecule has 0 amide bonds. The van der Waals surface area contributed by atoms with Crippen molar-refractivity contribution in [3.05, 3.63) is 78.4 Å². The predicted octanol–water partition coefficient (Wildman–Crippen LogP) is 4.37. The Bertz CT molecular complexity index is 1010. The van der Waals surface area contributed by atoms with Crippen molar-refractivity contribution in [3.63, 3.8) is 0 Å². The van der Waals surface area contributed by atoms with Crippen LogP contribution in [0.1, 0.15) is 12.5 Å². The average molecular weight is 434 g/mol. The molecule has 3 aromatic carbocycles. The summed E-state index contributed by atoms with van der Waals surface area (Å²) >= 11 is 0. The van der Waals surface area contributed by atoms with Crippen molar-refractivity contribution in [3.8, 4) is 17.2 Å². The van der Waals surface area contributed by atoms with E-state index in [9.17, 15) is 4.79 Å². The van der Waals surface area contributed by atoms with Crippen LogP contribution in [0.2, 0.25) is 0 Å². The Morgan fingerprint density at radius 3 is 2.19 bits per heavy atom. The highest BCUT2D eigenvalue weighted by Crippen LogP contribution is 2.45. The third-order valence-electron chi connectivity index (χ3n) is 5.21. The van der Waals surface area contributed by atoms with Gasteiger partial charge in [-0.15, -0.1) is 0 Å². The van der Waals surface area contributed by atoms with Crippen molar-refractivity contribution < 1.29 is 23.8 Å². The highest BCUT2D eigenvalue weighted by atomic mass is 16.7. The third-order valence-corrected chi connectivity index (χ3v) is 5.21. The fourth-order valence-corrected chi connectivity index (χ4v) is 3.70. The normalized spacial score (nSPS) is 12.9. The molecule has 3 aromatic rings. The number of hydrogen-bond donors (Lipinski definition) is 1.